The Bertz CT molecular complexity index is 545. The molecule has 0 bridgehead atoms. The summed E-state index contributed by atoms with van der Waals surface area (Å²) in [5.41, 5.74) is -1.92. The second kappa shape index (κ2) is 5.83. The summed E-state index contributed by atoms with van der Waals surface area (Å²) < 4.78 is 18.4. The number of nitrogens with zero attached hydrogens (tertiary/aromatic N) is 1. The average Bonchev–Trinajstić information content (AvgIpc) is 2.29. The van der Waals surface area contributed by atoms with Crippen LogP contribution in [0.1, 0.15) is 24.2 Å². The van der Waals surface area contributed by atoms with Gasteiger partial charge in [0.15, 0.2) is 0 Å². The van der Waals surface area contributed by atoms with E-state index in [4.69, 9.17) is 9.84 Å². The molecule has 2 N–H and O–H groups in total. The van der Waals surface area contributed by atoms with Crippen LogP contribution in [0.2, 0.25) is 0 Å². The first-order valence-electron chi connectivity index (χ1n) is 5.66. The lowest BCUT2D eigenvalue weighted by atomic mass is 10.0. The van der Waals surface area contributed by atoms with Gasteiger partial charge in [-0.05, 0) is 19.9 Å². The molecular weight excluding hydrogens is 271 g/mol. The highest BCUT2D eigenvalue weighted by atomic mass is 19.1. The lowest BCUT2D eigenvalue weighted by Gasteiger charge is -2.26. The summed E-state index contributed by atoms with van der Waals surface area (Å²) in [4.78, 5) is 21.0. The van der Waals surface area contributed by atoms with E-state index >= 15 is 0 Å². The number of carbonyl (C=O) groups is 1. The van der Waals surface area contributed by atoms with Crippen LogP contribution in [0.3, 0.4) is 0 Å². The standard InChI is InChI=1S/C12H15FN2O5/c1-12(2,6-20-3)14-9-4-7(11(16)17)8(13)5-10(9)15(18)19/h4-5,14H,6H2,1-3H3,(H,16,17). The highest BCUT2D eigenvalue weighted by Gasteiger charge is 2.26. The summed E-state index contributed by atoms with van der Waals surface area (Å²) in [6.45, 7) is 3.65. The molecule has 110 valence electrons. The number of anilines is 1. The van der Waals surface area contributed by atoms with E-state index in [1.54, 1.807) is 13.8 Å². The van der Waals surface area contributed by atoms with Crippen molar-refractivity contribution >= 4 is 17.3 Å². The van der Waals surface area contributed by atoms with Crippen LogP contribution >= 0.6 is 0 Å². The van der Waals surface area contributed by atoms with Crippen molar-refractivity contribution in [3.63, 3.8) is 0 Å². The molecule has 0 aliphatic heterocycles. The first-order valence-corrected chi connectivity index (χ1v) is 5.66. The average molecular weight is 286 g/mol. The maximum Gasteiger partial charge on any atom is 0.338 e. The van der Waals surface area contributed by atoms with Gasteiger partial charge in [-0.1, -0.05) is 0 Å². The number of hydrogen-bond donors (Lipinski definition) is 2. The molecule has 0 radical (unpaired) electrons. The van der Waals surface area contributed by atoms with Crippen molar-refractivity contribution in [2.45, 2.75) is 19.4 Å². The van der Waals surface area contributed by atoms with Crippen molar-refractivity contribution in [3.8, 4) is 0 Å². The van der Waals surface area contributed by atoms with Crippen LogP contribution in [0, 0.1) is 15.9 Å². The number of rotatable bonds is 6. The fraction of sp³-hybridized carbons (Fsp3) is 0.417. The van der Waals surface area contributed by atoms with Gasteiger partial charge >= 0.3 is 5.97 Å². The van der Waals surface area contributed by atoms with E-state index < -0.39 is 33.5 Å². The fourth-order valence-corrected chi connectivity index (χ4v) is 1.74. The topological polar surface area (TPSA) is 102 Å². The Balaban J connectivity index is 3.31. The number of aromatic carboxylic acids is 1. The number of halogens is 1. The van der Waals surface area contributed by atoms with Gasteiger partial charge in [0.25, 0.3) is 5.69 Å². The molecule has 1 rings (SSSR count). The molecule has 0 fully saturated rings. The second-order valence-corrected chi connectivity index (χ2v) is 4.85. The molecule has 0 spiro atoms. The Kier molecular flexibility index (Phi) is 4.61. The molecule has 0 heterocycles. The van der Waals surface area contributed by atoms with Gasteiger partial charge in [0.05, 0.1) is 28.7 Å². The van der Waals surface area contributed by atoms with E-state index in [0.717, 1.165) is 6.07 Å². The molecular formula is C12H15FN2O5. The maximum atomic E-state index is 13.5. The predicted molar refractivity (Wildman–Crippen MR) is 69.6 cm³/mol. The third-order valence-electron chi connectivity index (χ3n) is 2.49. The SMILES string of the molecule is COCC(C)(C)Nc1cc(C(=O)O)c(F)cc1[N+](=O)[O-]. The number of methoxy groups -OCH3 is 1. The molecule has 1 aromatic carbocycles. The summed E-state index contributed by atoms with van der Waals surface area (Å²) in [5, 5.41) is 22.6. The molecule has 0 amide bonds. The fourth-order valence-electron chi connectivity index (χ4n) is 1.74. The monoisotopic (exact) mass is 286 g/mol. The summed E-state index contributed by atoms with van der Waals surface area (Å²) in [6, 6.07) is 1.50. The Hall–Kier alpha value is -2.22. The lowest BCUT2D eigenvalue weighted by Crippen LogP contribution is -2.36. The lowest BCUT2D eigenvalue weighted by molar-refractivity contribution is -0.384. The molecule has 0 unspecified atom stereocenters. The van der Waals surface area contributed by atoms with Gasteiger partial charge in [0.1, 0.15) is 11.5 Å². The number of hydrogen-bond acceptors (Lipinski definition) is 5. The zero-order valence-corrected chi connectivity index (χ0v) is 11.3. The molecule has 0 aromatic heterocycles. The summed E-state index contributed by atoms with van der Waals surface area (Å²) in [5.74, 6) is -2.65. The Labute approximate surface area is 114 Å². The Morgan fingerprint density at radius 2 is 2.15 bits per heavy atom. The summed E-state index contributed by atoms with van der Waals surface area (Å²) in [6.07, 6.45) is 0. The van der Waals surface area contributed by atoms with Crippen LogP contribution in [0.25, 0.3) is 0 Å². The normalized spacial score (nSPS) is 11.2. The Morgan fingerprint density at radius 1 is 1.55 bits per heavy atom. The number of ether oxygens (including phenoxy) is 1. The zero-order chi connectivity index (χ0) is 15.5. The summed E-state index contributed by atoms with van der Waals surface area (Å²) >= 11 is 0. The largest absolute Gasteiger partial charge is 0.478 e. The summed E-state index contributed by atoms with van der Waals surface area (Å²) in [7, 11) is 1.46. The molecule has 1 aromatic rings. The highest BCUT2D eigenvalue weighted by Crippen LogP contribution is 2.30. The second-order valence-electron chi connectivity index (χ2n) is 4.85. The van der Waals surface area contributed by atoms with Crippen molar-refractivity contribution in [2.75, 3.05) is 19.0 Å². The molecule has 0 aliphatic rings. The minimum atomic E-state index is -1.50. The van der Waals surface area contributed by atoms with Crippen LogP contribution in [-0.2, 0) is 4.74 Å². The van der Waals surface area contributed by atoms with E-state index in [-0.39, 0.29) is 12.3 Å². The van der Waals surface area contributed by atoms with Crippen molar-refractivity contribution in [1.82, 2.24) is 0 Å². The number of nitrogens with one attached hydrogen (secondary N) is 1. The van der Waals surface area contributed by atoms with Gasteiger partial charge < -0.3 is 15.2 Å². The number of nitro groups is 1. The molecule has 0 saturated heterocycles. The molecule has 0 saturated carbocycles. The van der Waals surface area contributed by atoms with Crippen molar-refractivity contribution in [2.24, 2.45) is 0 Å². The van der Waals surface area contributed by atoms with Crippen LogP contribution < -0.4 is 5.32 Å². The van der Waals surface area contributed by atoms with E-state index in [2.05, 4.69) is 5.32 Å². The van der Waals surface area contributed by atoms with Crippen molar-refractivity contribution < 1.29 is 24.0 Å². The van der Waals surface area contributed by atoms with Gasteiger partial charge in [-0.2, -0.15) is 0 Å². The van der Waals surface area contributed by atoms with E-state index in [0.29, 0.717) is 6.07 Å². The number of benzene rings is 1. The third-order valence-corrected chi connectivity index (χ3v) is 2.49. The van der Waals surface area contributed by atoms with E-state index in [9.17, 15) is 19.3 Å². The van der Waals surface area contributed by atoms with Gasteiger partial charge in [-0.15, -0.1) is 0 Å². The van der Waals surface area contributed by atoms with E-state index in [1.165, 1.54) is 7.11 Å². The van der Waals surface area contributed by atoms with Gasteiger partial charge in [-0.25, -0.2) is 9.18 Å². The highest BCUT2D eigenvalue weighted by molar-refractivity contribution is 5.90. The van der Waals surface area contributed by atoms with Gasteiger partial charge in [0.2, 0.25) is 0 Å². The Morgan fingerprint density at radius 3 is 2.60 bits per heavy atom. The molecule has 20 heavy (non-hydrogen) atoms. The third kappa shape index (κ3) is 3.64. The van der Waals surface area contributed by atoms with E-state index in [1.807, 2.05) is 0 Å². The van der Waals surface area contributed by atoms with Crippen molar-refractivity contribution in [1.29, 1.82) is 0 Å². The number of carboxylic acid groups (broad SMARTS) is 1. The zero-order valence-electron chi connectivity index (χ0n) is 11.3. The molecule has 7 nitrogen and oxygen atoms in total. The molecule has 8 heteroatoms. The predicted octanol–water partition coefficient (Wildman–Crippen LogP) is 2.27. The molecule has 0 aliphatic carbocycles. The number of carboxylic acids is 1. The van der Waals surface area contributed by atoms with Crippen LogP contribution in [0.4, 0.5) is 15.8 Å². The van der Waals surface area contributed by atoms with Crippen LogP contribution in [0.5, 0.6) is 0 Å². The smallest absolute Gasteiger partial charge is 0.338 e. The first kappa shape index (κ1) is 15.8. The number of nitro benzene ring substituents is 1. The van der Waals surface area contributed by atoms with Crippen LogP contribution in [-0.4, -0.2) is 35.3 Å². The minimum absolute atomic E-state index is 0.0733. The minimum Gasteiger partial charge on any atom is -0.478 e. The van der Waals surface area contributed by atoms with Crippen LogP contribution in [0.15, 0.2) is 12.1 Å². The van der Waals surface area contributed by atoms with Gasteiger partial charge in [0, 0.05) is 7.11 Å². The maximum absolute atomic E-state index is 13.5. The molecule has 0 atom stereocenters. The first-order chi connectivity index (χ1) is 9.18. The quantitative estimate of drug-likeness (QED) is 0.614. The van der Waals surface area contributed by atoms with Gasteiger partial charge in [-0.3, -0.25) is 10.1 Å². The van der Waals surface area contributed by atoms with Crippen molar-refractivity contribution in [3.05, 3.63) is 33.6 Å².